The van der Waals surface area contributed by atoms with E-state index in [0.717, 1.165) is 6.54 Å². The predicted octanol–water partition coefficient (Wildman–Crippen LogP) is 3.74. The third kappa shape index (κ3) is 3.95. The lowest BCUT2D eigenvalue weighted by Crippen LogP contribution is -2.35. The zero-order valence-electron chi connectivity index (χ0n) is 13.2. The first-order valence-electron chi connectivity index (χ1n) is 8.15. The van der Waals surface area contributed by atoms with Crippen molar-refractivity contribution in [1.29, 1.82) is 0 Å². The normalized spacial score (nSPS) is 20.2. The summed E-state index contributed by atoms with van der Waals surface area (Å²) in [5.74, 6) is 0. The van der Waals surface area contributed by atoms with Gasteiger partial charge >= 0.3 is 0 Å². The van der Waals surface area contributed by atoms with Gasteiger partial charge in [-0.2, -0.15) is 0 Å². The minimum Gasteiger partial charge on any atom is -0.368 e. The third-order valence-electron chi connectivity index (χ3n) is 4.24. The molecule has 112 valence electrons. The Balaban J connectivity index is 2.20. The molecule has 3 heteroatoms. The molecule has 0 saturated carbocycles. The number of hydrogen-bond donors (Lipinski definition) is 1. The van der Waals surface area contributed by atoms with E-state index in [4.69, 9.17) is 0 Å². The predicted molar refractivity (Wildman–Crippen MR) is 86.1 cm³/mol. The van der Waals surface area contributed by atoms with Crippen molar-refractivity contribution in [2.24, 2.45) is 0 Å². The van der Waals surface area contributed by atoms with Crippen LogP contribution in [0.5, 0.6) is 0 Å². The van der Waals surface area contributed by atoms with Crippen molar-refractivity contribution in [2.45, 2.75) is 71.5 Å². The van der Waals surface area contributed by atoms with Crippen LogP contribution in [0.3, 0.4) is 0 Å². The van der Waals surface area contributed by atoms with Gasteiger partial charge in [0, 0.05) is 48.8 Å². The molecule has 1 fully saturated rings. The first-order chi connectivity index (χ1) is 9.72. The van der Waals surface area contributed by atoms with E-state index in [-0.39, 0.29) is 0 Å². The third-order valence-corrected chi connectivity index (χ3v) is 4.24. The average Bonchev–Trinajstić information content (AvgIpc) is 2.70. The van der Waals surface area contributed by atoms with Crippen LogP contribution in [-0.4, -0.2) is 23.6 Å². The fourth-order valence-corrected chi connectivity index (χ4v) is 3.07. The summed E-state index contributed by atoms with van der Waals surface area (Å²) in [5.41, 5.74) is 2.73. The van der Waals surface area contributed by atoms with E-state index in [9.17, 15) is 0 Å². The molecule has 1 atom stereocenters. The molecule has 2 heterocycles. The highest BCUT2D eigenvalue weighted by Crippen LogP contribution is 2.28. The second-order valence-corrected chi connectivity index (χ2v) is 6.14. The SMILES string of the molecule is CCC1CCCCCN1c1ccncc1CNC(C)C. The largest absolute Gasteiger partial charge is 0.368 e. The van der Waals surface area contributed by atoms with Crippen LogP contribution in [-0.2, 0) is 6.54 Å². The summed E-state index contributed by atoms with van der Waals surface area (Å²) in [6, 6.07) is 3.40. The van der Waals surface area contributed by atoms with Crippen molar-refractivity contribution >= 4 is 5.69 Å². The Morgan fingerprint density at radius 1 is 1.35 bits per heavy atom. The highest BCUT2D eigenvalue weighted by molar-refractivity contribution is 5.53. The maximum Gasteiger partial charge on any atom is 0.0445 e. The molecule has 0 aliphatic carbocycles. The summed E-state index contributed by atoms with van der Waals surface area (Å²) in [5, 5.41) is 3.52. The van der Waals surface area contributed by atoms with E-state index in [1.165, 1.54) is 49.9 Å². The summed E-state index contributed by atoms with van der Waals surface area (Å²) in [6.45, 7) is 8.80. The van der Waals surface area contributed by atoms with Gasteiger partial charge in [-0.3, -0.25) is 4.98 Å². The number of hydrogen-bond acceptors (Lipinski definition) is 3. The van der Waals surface area contributed by atoms with Crippen LogP contribution in [0.2, 0.25) is 0 Å². The maximum atomic E-state index is 4.33. The van der Waals surface area contributed by atoms with Crippen molar-refractivity contribution < 1.29 is 0 Å². The lowest BCUT2D eigenvalue weighted by molar-refractivity contribution is 0.549. The number of anilines is 1. The lowest BCUT2D eigenvalue weighted by atomic mass is 10.1. The molecule has 1 unspecified atom stereocenters. The molecule has 0 bridgehead atoms. The van der Waals surface area contributed by atoms with Gasteiger partial charge in [0.1, 0.15) is 0 Å². The molecule has 1 aliphatic rings. The quantitative estimate of drug-likeness (QED) is 0.887. The molecule has 0 aromatic carbocycles. The molecule has 0 spiro atoms. The summed E-state index contributed by atoms with van der Waals surface area (Å²) in [4.78, 5) is 6.96. The van der Waals surface area contributed by atoms with Gasteiger partial charge in [-0.1, -0.05) is 33.6 Å². The summed E-state index contributed by atoms with van der Waals surface area (Å²) in [7, 11) is 0. The molecule has 1 aromatic heterocycles. The van der Waals surface area contributed by atoms with Gasteiger partial charge in [0.2, 0.25) is 0 Å². The highest BCUT2D eigenvalue weighted by Gasteiger charge is 2.21. The molecule has 20 heavy (non-hydrogen) atoms. The van der Waals surface area contributed by atoms with E-state index >= 15 is 0 Å². The van der Waals surface area contributed by atoms with Gasteiger partial charge in [0.25, 0.3) is 0 Å². The summed E-state index contributed by atoms with van der Waals surface area (Å²) >= 11 is 0. The Morgan fingerprint density at radius 3 is 2.95 bits per heavy atom. The van der Waals surface area contributed by atoms with Crippen molar-refractivity contribution in [3.8, 4) is 0 Å². The van der Waals surface area contributed by atoms with Crippen LogP contribution >= 0.6 is 0 Å². The second kappa shape index (κ2) is 7.63. The average molecular weight is 275 g/mol. The van der Waals surface area contributed by atoms with E-state index < -0.39 is 0 Å². The van der Waals surface area contributed by atoms with E-state index in [2.05, 4.69) is 42.0 Å². The fraction of sp³-hybridized carbons (Fsp3) is 0.706. The van der Waals surface area contributed by atoms with Gasteiger partial charge in [-0.05, 0) is 25.3 Å². The van der Waals surface area contributed by atoms with Crippen LogP contribution in [0, 0.1) is 0 Å². The molecular weight excluding hydrogens is 246 g/mol. The summed E-state index contributed by atoms with van der Waals surface area (Å²) < 4.78 is 0. The van der Waals surface area contributed by atoms with Crippen LogP contribution in [0.15, 0.2) is 18.5 Å². The number of nitrogens with one attached hydrogen (secondary N) is 1. The van der Waals surface area contributed by atoms with Gasteiger partial charge in [-0.25, -0.2) is 0 Å². The minimum atomic E-state index is 0.508. The van der Waals surface area contributed by atoms with Crippen molar-refractivity contribution in [1.82, 2.24) is 10.3 Å². The highest BCUT2D eigenvalue weighted by atomic mass is 15.2. The number of nitrogens with zero attached hydrogens (tertiary/aromatic N) is 2. The molecule has 0 amide bonds. The summed E-state index contributed by atoms with van der Waals surface area (Å²) in [6.07, 6.45) is 10.6. The molecule has 1 saturated heterocycles. The zero-order valence-corrected chi connectivity index (χ0v) is 13.2. The number of pyridine rings is 1. The standard InChI is InChI=1S/C17H29N3/c1-4-16-8-6-5-7-11-20(16)17-9-10-18-12-15(17)13-19-14(2)3/h9-10,12,14,16,19H,4-8,11,13H2,1-3H3. The smallest absolute Gasteiger partial charge is 0.0445 e. The first kappa shape index (κ1) is 15.3. The molecule has 1 aliphatic heterocycles. The molecule has 2 rings (SSSR count). The van der Waals surface area contributed by atoms with Gasteiger partial charge in [0.15, 0.2) is 0 Å². The number of aromatic nitrogens is 1. The van der Waals surface area contributed by atoms with Crippen LogP contribution in [0.25, 0.3) is 0 Å². The molecule has 3 nitrogen and oxygen atoms in total. The molecule has 1 aromatic rings. The molecule has 0 radical (unpaired) electrons. The van der Waals surface area contributed by atoms with Gasteiger partial charge < -0.3 is 10.2 Å². The Bertz CT molecular complexity index is 403. The molecular formula is C17H29N3. The maximum absolute atomic E-state index is 4.33. The van der Waals surface area contributed by atoms with Gasteiger partial charge in [0.05, 0.1) is 0 Å². The van der Waals surface area contributed by atoms with Crippen LogP contribution in [0.4, 0.5) is 5.69 Å². The Morgan fingerprint density at radius 2 is 2.20 bits per heavy atom. The Hall–Kier alpha value is -1.09. The zero-order chi connectivity index (χ0) is 14.4. The first-order valence-corrected chi connectivity index (χ1v) is 8.15. The van der Waals surface area contributed by atoms with Crippen molar-refractivity contribution in [3.63, 3.8) is 0 Å². The van der Waals surface area contributed by atoms with Crippen LogP contribution < -0.4 is 10.2 Å². The second-order valence-electron chi connectivity index (χ2n) is 6.14. The fourth-order valence-electron chi connectivity index (χ4n) is 3.07. The Labute approximate surface area is 123 Å². The van der Waals surface area contributed by atoms with Crippen molar-refractivity contribution in [2.75, 3.05) is 11.4 Å². The minimum absolute atomic E-state index is 0.508. The molecule has 1 N–H and O–H groups in total. The van der Waals surface area contributed by atoms with E-state index in [0.29, 0.717) is 12.1 Å². The lowest BCUT2D eigenvalue weighted by Gasteiger charge is -2.33. The van der Waals surface area contributed by atoms with E-state index in [1.807, 2.05) is 12.4 Å². The number of rotatable bonds is 5. The van der Waals surface area contributed by atoms with Crippen LogP contribution in [0.1, 0.15) is 58.4 Å². The van der Waals surface area contributed by atoms with Gasteiger partial charge in [-0.15, -0.1) is 0 Å². The Kier molecular flexibility index (Phi) is 5.84. The monoisotopic (exact) mass is 275 g/mol. The van der Waals surface area contributed by atoms with E-state index in [1.54, 1.807) is 0 Å². The van der Waals surface area contributed by atoms with Crippen molar-refractivity contribution in [3.05, 3.63) is 24.0 Å². The topological polar surface area (TPSA) is 28.2 Å².